The molecular formula is C14H18. The average molecular weight is 186 g/mol. The first-order valence-electron chi connectivity index (χ1n) is 5.48. The van der Waals surface area contributed by atoms with Crippen LogP contribution in [0.2, 0.25) is 0 Å². The summed E-state index contributed by atoms with van der Waals surface area (Å²) in [6, 6.07) is 6.91. The molecule has 1 aromatic carbocycles. The average Bonchev–Trinajstić information content (AvgIpc) is 3.00. The van der Waals surface area contributed by atoms with Crippen LogP contribution in [0.25, 0.3) is 6.08 Å². The molecule has 74 valence electrons. The van der Waals surface area contributed by atoms with E-state index in [2.05, 4.69) is 38.6 Å². The van der Waals surface area contributed by atoms with Gasteiger partial charge in [-0.2, -0.15) is 0 Å². The van der Waals surface area contributed by atoms with Gasteiger partial charge >= 0.3 is 0 Å². The van der Waals surface area contributed by atoms with E-state index < -0.39 is 0 Å². The summed E-state index contributed by atoms with van der Waals surface area (Å²) in [5, 5.41) is 0. The molecule has 0 bridgehead atoms. The zero-order chi connectivity index (χ0) is 10.1. The second-order valence-corrected chi connectivity index (χ2v) is 4.57. The van der Waals surface area contributed by atoms with E-state index in [1.165, 1.54) is 29.5 Å². The molecule has 0 heteroatoms. The Morgan fingerprint density at radius 1 is 1.29 bits per heavy atom. The minimum absolute atomic E-state index is 0.618. The van der Waals surface area contributed by atoms with Crippen molar-refractivity contribution in [1.82, 2.24) is 0 Å². The predicted octanol–water partition coefficient (Wildman–Crippen LogP) is 4.33. The summed E-state index contributed by atoms with van der Waals surface area (Å²) in [7, 11) is 0. The molecule has 1 aromatic rings. The van der Waals surface area contributed by atoms with Gasteiger partial charge in [0, 0.05) is 0 Å². The Labute approximate surface area is 86.7 Å². The largest absolute Gasteiger partial charge is 0.0985 e. The van der Waals surface area contributed by atoms with Gasteiger partial charge in [-0.15, -0.1) is 0 Å². The van der Waals surface area contributed by atoms with Gasteiger partial charge in [0.25, 0.3) is 0 Å². The minimum Gasteiger partial charge on any atom is -0.0985 e. The first-order valence-corrected chi connectivity index (χ1v) is 5.48. The SMILES string of the molecule is C=Cc1cc(C(C)C)cc(C2CC2)c1. The molecule has 0 N–H and O–H groups in total. The van der Waals surface area contributed by atoms with Crippen molar-refractivity contribution in [1.29, 1.82) is 0 Å². The zero-order valence-corrected chi connectivity index (χ0v) is 9.09. The van der Waals surface area contributed by atoms with E-state index in [-0.39, 0.29) is 0 Å². The van der Waals surface area contributed by atoms with Crippen LogP contribution in [0.5, 0.6) is 0 Å². The maximum absolute atomic E-state index is 3.85. The van der Waals surface area contributed by atoms with Gasteiger partial charge in [0.1, 0.15) is 0 Å². The summed E-state index contributed by atoms with van der Waals surface area (Å²) in [5.74, 6) is 1.46. The molecule has 0 atom stereocenters. The fraction of sp³-hybridized carbons (Fsp3) is 0.429. The summed E-state index contributed by atoms with van der Waals surface area (Å²) < 4.78 is 0. The molecule has 0 nitrogen and oxygen atoms in total. The highest BCUT2D eigenvalue weighted by Gasteiger charge is 2.24. The number of hydrogen-bond donors (Lipinski definition) is 0. The van der Waals surface area contributed by atoms with Crippen LogP contribution in [0, 0.1) is 0 Å². The molecule has 1 saturated carbocycles. The van der Waals surface area contributed by atoms with Crippen LogP contribution in [-0.4, -0.2) is 0 Å². The molecule has 1 fully saturated rings. The molecule has 0 unspecified atom stereocenters. The lowest BCUT2D eigenvalue weighted by molar-refractivity contribution is 0.861. The van der Waals surface area contributed by atoms with Crippen LogP contribution in [-0.2, 0) is 0 Å². The van der Waals surface area contributed by atoms with Crippen molar-refractivity contribution in [2.45, 2.75) is 38.5 Å². The van der Waals surface area contributed by atoms with Crippen LogP contribution < -0.4 is 0 Å². The first kappa shape index (κ1) is 9.51. The lowest BCUT2D eigenvalue weighted by Crippen LogP contribution is -1.91. The monoisotopic (exact) mass is 186 g/mol. The number of hydrogen-bond acceptors (Lipinski definition) is 0. The maximum atomic E-state index is 3.85. The Hall–Kier alpha value is -1.04. The molecule has 0 heterocycles. The van der Waals surface area contributed by atoms with Gasteiger partial charge in [-0.25, -0.2) is 0 Å². The Balaban J connectivity index is 2.40. The highest BCUT2D eigenvalue weighted by Crippen LogP contribution is 2.41. The molecule has 0 spiro atoms. The summed E-state index contributed by atoms with van der Waals surface area (Å²) in [6.45, 7) is 8.35. The smallest absolute Gasteiger partial charge is 0.0161 e. The van der Waals surface area contributed by atoms with Crippen molar-refractivity contribution >= 4 is 6.08 Å². The zero-order valence-electron chi connectivity index (χ0n) is 9.09. The number of rotatable bonds is 3. The van der Waals surface area contributed by atoms with E-state index in [0.29, 0.717) is 5.92 Å². The molecule has 1 aliphatic rings. The minimum atomic E-state index is 0.618. The van der Waals surface area contributed by atoms with Crippen molar-refractivity contribution in [3.05, 3.63) is 41.5 Å². The fourth-order valence-electron chi connectivity index (χ4n) is 1.81. The van der Waals surface area contributed by atoms with Crippen LogP contribution in [0.1, 0.15) is 55.2 Å². The Kier molecular flexibility index (Phi) is 2.45. The second kappa shape index (κ2) is 3.61. The summed E-state index contributed by atoms with van der Waals surface area (Å²) in [4.78, 5) is 0. The van der Waals surface area contributed by atoms with Gasteiger partial charge in [-0.05, 0) is 41.4 Å². The van der Waals surface area contributed by atoms with Gasteiger partial charge in [0.15, 0.2) is 0 Å². The summed E-state index contributed by atoms with van der Waals surface area (Å²) in [5.41, 5.74) is 4.24. The van der Waals surface area contributed by atoms with Crippen molar-refractivity contribution in [3.8, 4) is 0 Å². The summed E-state index contributed by atoms with van der Waals surface area (Å²) in [6.07, 6.45) is 4.70. The predicted molar refractivity (Wildman–Crippen MR) is 62.6 cm³/mol. The molecule has 0 aliphatic heterocycles. The quantitative estimate of drug-likeness (QED) is 0.659. The normalized spacial score (nSPS) is 15.9. The van der Waals surface area contributed by atoms with Gasteiger partial charge in [-0.3, -0.25) is 0 Å². The molecule has 1 aliphatic carbocycles. The third-order valence-corrected chi connectivity index (χ3v) is 2.95. The molecular weight excluding hydrogens is 168 g/mol. The lowest BCUT2D eigenvalue weighted by atomic mass is 9.96. The topological polar surface area (TPSA) is 0 Å². The molecule has 0 amide bonds. The van der Waals surface area contributed by atoms with Crippen LogP contribution in [0.3, 0.4) is 0 Å². The van der Waals surface area contributed by atoms with E-state index in [1.54, 1.807) is 0 Å². The van der Waals surface area contributed by atoms with E-state index in [0.717, 1.165) is 5.92 Å². The third kappa shape index (κ3) is 1.89. The van der Waals surface area contributed by atoms with Gasteiger partial charge in [0.2, 0.25) is 0 Å². The molecule has 0 saturated heterocycles. The molecule has 2 rings (SSSR count). The Morgan fingerprint density at radius 2 is 2.00 bits per heavy atom. The fourth-order valence-corrected chi connectivity index (χ4v) is 1.81. The van der Waals surface area contributed by atoms with E-state index in [9.17, 15) is 0 Å². The van der Waals surface area contributed by atoms with Crippen LogP contribution >= 0.6 is 0 Å². The molecule has 14 heavy (non-hydrogen) atoms. The van der Waals surface area contributed by atoms with Crippen LogP contribution in [0.4, 0.5) is 0 Å². The second-order valence-electron chi connectivity index (χ2n) is 4.57. The van der Waals surface area contributed by atoms with E-state index in [1.807, 2.05) is 6.08 Å². The Bertz CT molecular complexity index is 323. The molecule has 0 radical (unpaired) electrons. The molecule has 0 aromatic heterocycles. The highest BCUT2D eigenvalue weighted by atomic mass is 14.3. The van der Waals surface area contributed by atoms with Crippen molar-refractivity contribution < 1.29 is 0 Å². The Morgan fingerprint density at radius 3 is 2.50 bits per heavy atom. The summed E-state index contributed by atoms with van der Waals surface area (Å²) >= 11 is 0. The van der Waals surface area contributed by atoms with Crippen molar-refractivity contribution in [3.63, 3.8) is 0 Å². The van der Waals surface area contributed by atoms with Gasteiger partial charge in [0.05, 0.1) is 0 Å². The van der Waals surface area contributed by atoms with Crippen molar-refractivity contribution in [2.24, 2.45) is 0 Å². The number of benzene rings is 1. The van der Waals surface area contributed by atoms with E-state index in [4.69, 9.17) is 0 Å². The lowest BCUT2D eigenvalue weighted by Gasteiger charge is -2.09. The highest BCUT2D eigenvalue weighted by molar-refractivity contribution is 5.51. The standard InChI is InChI=1S/C14H18/c1-4-11-7-13(10(2)3)9-14(8-11)12-5-6-12/h4,7-10,12H,1,5-6H2,2-3H3. The van der Waals surface area contributed by atoms with E-state index >= 15 is 0 Å². The van der Waals surface area contributed by atoms with Gasteiger partial charge in [-0.1, -0.05) is 44.7 Å². The first-order chi connectivity index (χ1) is 6.70. The third-order valence-electron chi connectivity index (χ3n) is 2.95. The van der Waals surface area contributed by atoms with Crippen molar-refractivity contribution in [2.75, 3.05) is 0 Å². The van der Waals surface area contributed by atoms with Gasteiger partial charge < -0.3 is 0 Å². The maximum Gasteiger partial charge on any atom is -0.0161 e. The van der Waals surface area contributed by atoms with Crippen LogP contribution in [0.15, 0.2) is 24.8 Å².